The Morgan fingerprint density at radius 1 is 1.12 bits per heavy atom. The standard InChI is InChI=1S/C19H20N4OS/c24-18(14-25-19-20-13-17-5-1-2-12-23(17)19)21-15-6-8-16(9-7-15)22-10-3-4-11-22/h1-2,5-9,12-13H,3-4,10-11,14H2,(H,21,24). The van der Waals surface area contributed by atoms with Gasteiger partial charge in [0.15, 0.2) is 5.16 Å². The first-order valence-electron chi connectivity index (χ1n) is 8.49. The van der Waals surface area contributed by atoms with Crippen LogP contribution in [0.3, 0.4) is 0 Å². The zero-order valence-electron chi connectivity index (χ0n) is 13.9. The number of carbonyl (C=O) groups excluding carboxylic acids is 1. The summed E-state index contributed by atoms with van der Waals surface area (Å²) in [4.78, 5) is 19.0. The average Bonchev–Trinajstić information content (AvgIpc) is 3.31. The molecule has 1 saturated heterocycles. The summed E-state index contributed by atoms with van der Waals surface area (Å²) in [5.41, 5.74) is 3.10. The molecule has 1 amide bonds. The highest BCUT2D eigenvalue weighted by molar-refractivity contribution is 7.99. The fourth-order valence-electron chi connectivity index (χ4n) is 3.08. The summed E-state index contributed by atoms with van der Waals surface area (Å²) >= 11 is 1.44. The van der Waals surface area contributed by atoms with Gasteiger partial charge in [-0.1, -0.05) is 17.8 Å². The van der Waals surface area contributed by atoms with E-state index >= 15 is 0 Å². The molecule has 25 heavy (non-hydrogen) atoms. The Morgan fingerprint density at radius 3 is 2.72 bits per heavy atom. The first kappa shape index (κ1) is 16.0. The quantitative estimate of drug-likeness (QED) is 0.712. The van der Waals surface area contributed by atoms with Crippen molar-refractivity contribution in [2.75, 3.05) is 29.1 Å². The van der Waals surface area contributed by atoms with Gasteiger partial charge in [-0.2, -0.15) is 0 Å². The molecule has 0 spiro atoms. The number of hydrogen-bond donors (Lipinski definition) is 1. The van der Waals surface area contributed by atoms with E-state index < -0.39 is 0 Å². The maximum absolute atomic E-state index is 12.2. The largest absolute Gasteiger partial charge is 0.372 e. The maximum Gasteiger partial charge on any atom is 0.234 e. The van der Waals surface area contributed by atoms with Crippen LogP contribution in [0.5, 0.6) is 0 Å². The van der Waals surface area contributed by atoms with Crippen molar-refractivity contribution in [3.63, 3.8) is 0 Å². The van der Waals surface area contributed by atoms with Crippen LogP contribution in [0.1, 0.15) is 12.8 Å². The third-order valence-corrected chi connectivity index (χ3v) is 5.33. The molecule has 1 fully saturated rings. The van der Waals surface area contributed by atoms with Crippen molar-refractivity contribution in [2.45, 2.75) is 18.0 Å². The van der Waals surface area contributed by atoms with Gasteiger partial charge in [0, 0.05) is 30.7 Å². The van der Waals surface area contributed by atoms with Crippen molar-refractivity contribution in [3.05, 3.63) is 54.9 Å². The highest BCUT2D eigenvalue weighted by atomic mass is 32.2. The molecule has 128 valence electrons. The lowest BCUT2D eigenvalue weighted by molar-refractivity contribution is -0.113. The lowest BCUT2D eigenvalue weighted by Gasteiger charge is -2.17. The monoisotopic (exact) mass is 352 g/mol. The summed E-state index contributed by atoms with van der Waals surface area (Å²) in [5, 5.41) is 3.78. The Balaban J connectivity index is 1.34. The normalized spacial score (nSPS) is 14.2. The Kier molecular flexibility index (Phi) is 4.61. The number of carbonyl (C=O) groups is 1. The van der Waals surface area contributed by atoms with Gasteiger partial charge in [0.05, 0.1) is 17.5 Å². The van der Waals surface area contributed by atoms with Crippen molar-refractivity contribution in [3.8, 4) is 0 Å². The van der Waals surface area contributed by atoms with Crippen molar-refractivity contribution in [1.29, 1.82) is 0 Å². The number of hydrogen-bond acceptors (Lipinski definition) is 4. The van der Waals surface area contributed by atoms with Crippen molar-refractivity contribution < 1.29 is 4.79 Å². The molecule has 3 heterocycles. The average molecular weight is 352 g/mol. The molecule has 1 aliphatic rings. The van der Waals surface area contributed by atoms with E-state index in [9.17, 15) is 4.79 Å². The second-order valence-corrected chi connectivity index (χ2v) is 7.06. The van der Waals surface area contributed by atoms with Gasteiger partial charge in [0.25, 0.3) is 0 Å². The van der Waals surface area contributed by atoms with E-state index in [2.05, 4.69) is 27.3 Å². The number of anilines is 2. The fourth-order valence-corrected chi connectivity index (χ4v) is 3.85. The molecule has 1 aliphatic heterocycles. The second kappa shape index (κ2) is 7.19. The minimum atomic E-state index is -0.0217. The Bertz CT molecular complexity index is 869. The zero-order valence-corrected chi connectivity index (χ0v) is 14.7. The van der Waals surface area contributed by atoms with Gasteiger partial charge in [-0.25, -0.2) is 4.98 Å². The van der Waals surface area contributed by atoms with Crippen LogP contribution < -0.4 is 10.2 Å². The van der Waals surface area contributed by atoms with E-state index in [1.807, 2.05) is 47.1 Å². The molecule has 6 heteroatoms. The summed E-state index contributed by atoms with van der Waals surface area (Å²) in [7, 11) is 0. The molecule has 2 aromatic heterocycles. The summed E-state index contributed by atoms with van der Waals surface area (Å²) in [5.74, 6) is 0.314. The molecule has 3 aromatic rings. The molecule has 1 aromatic carbocycles. The molecule has 0 unspecified atom stereocenters. The summed E-state index contributed by atoms with van der Waals surface area (Å²) < 4.78 is 1.99. The van der Waals surface area contributed by atoms with Gasteiger partial charge in [-0.3, -0.25) is 9.20 Å². The summed E-state index contributed by atoms with van der Waals surface area (Å²) in [6, 6.07) is 14.0. The van der Waals surface area contributed by atoms with Gasteiger partial charge in [-0.05, 0) is 49.2 Å². The van der Waals surface area contributed by atoms with Gasteiger partial charge < -0.3 is 10.2 Å². The molecule has 0 atom stereocenters. The summed E-state index contributed by atoms with van der Waals surface area (Å²) in [6.45, 7) is 2.25. The lowest BCUT2D eigenvalue weighted by atomic mass is 10.2. The molecule has 0 radical (unpaired) electrons. The van der Waals surface area contributed by atoms with Crippen LogP contribution in [0, 0.1) is 0 Å². The highest BCUT2D eigenvalue weighted by Gasteiger charge is 2.12. The number of thioether (sulfide) groups is 1. The Hall–Kier alpha value is -2.47. The Morgan fingerprint density at radius 2 is 1.92 bits per heavy atom. The number of imidazole rings is 1. The predicted molar refractivity (Wildman–Crippen MR) is 102 cm³/mol. The number of fused-ring (bicyclic) bond motifs is 1. The van der Waals surface area contributed by atoms with Crippen LogP contribution in [-0.2, 0) is 4.79 Å². The SMILES string of the molecule is O=C(CSc1ncc2ccccn12)Nc1ccc(N2CCCC2)cc1. The van der Waals surface area contributed by atoms with Crippen molar-refractivity contribution in [1.82, 2.24) is 9.38 Å². The van der Waals surface area contributed by atoms with Gasteiger partial charge in [0.1, 0.15) is 0 Å². The van der Waals surface area contributed by atoms with E-state index in [-0.39, 0.29) is 5.91 Å². The minimum Gasteiger partial charge on any atom is -0.372 e. The number of pyridine rings is 1. The molecular formula is C19H20N4OS. The predicted octanol–water partition coefficient (Wildman–Crippen LogP) is 3.67. The lowest BCUT2D eigenvalue weighted by Crippen LogP contribution is -2.18. The molecule has 0 saturated carbocycles. The number of benzene rings is 1. The number of rotatable bonds is 5. The van der Waals surface area contributed by atoms with Crippen LogP contribution in [0.2, 0.25) is 0 Å². The van der Waals surface area contributed by atoms with Crippen molar-refractivity contribution in [2.24, 2.45) is 0 Å². The van der Waals surface area contributed by atoms with E-state index in [1.54, 1.807) is 0 Å². The molecular weight excluding hydrogens is 332 g/mol. The van der Waals surface area contributed by atoms with Crippen molar-refractivity contribution >= 4 is 34.6 Å². The first-order chi connectivity index (χ1) is 12.3. The Labute approximate surface area is 151 Å². The number of aromatic nitrogens is 2. The van der Waals surface area contributed by atoms with E-state index in [0.717, 1.165) is 29.5 Å². The molecule has 5 nitrogen and oxygen atoms in total. The topological polar surface area (TPSA) is 49.6 Å². The number of amides is 1. The molecule has 0 bridgehead atoms. The minimum absolute atomic E-state index is 0.0217. The third-order valence-electron chi connectivity index (χ3n) is 4.36. The maximum atomic E-state index is 12.2. The molecule has 0 aliphatic carbocycles. The molecule has 1 N–H and O–H groups in total. The summed E-state index contributed by atoms with van der Waals surface area (Å²) in [6.07, 6.45) is 6.30. The second-order valence-electron chi connectivity index (χ2n) is 6.11. The van der Waals surface area contributed by atoms with Gasteiger partial charge >= 0.3 is 0 Å². The number of nitrogens with zero attached hydrogens (tertiary/aromatic N) is 3. The van der Waals surface area contributed by atoms with E-state index in [4.69, 9.17) is 0 Å². The van der Waals surface area contributed by atoms with Crippen LogP contribution in [0.4, 0.5) is 11.4 Å². The molecule has 4 rings (SSSR count). The third kappa shape index (κ3) is 3.64. The zero-order chi connectivity index (χ0) is 17.1. The first-order valence-corrected chi connectivity index (χ1v) is 9.48. The van der Waals surface area contributed by atoms with E-state index in [0.29, 0.717) is 5.75 Å². The van der Waals surface area contributed by atoms with Crippen LogP contribution in [0.25, 0.3) is 5.52 Å². The van der Waals surface area contributed by atoms with Gasteiger partial charge in [0.2, 0.25) is 5.91 Å². The van der Waals surface area contributed by atoms with Crippen LogP contribution >= 0.6 is 11.8 Å². The smallest absolute Gasteiger partial charge is 0.234 e. The van der Waals surface area contributed by atoms with Crippen LogP contribution in [-0.4, -0.2) is 34.1 Å². The van der Waals surface area contributed by atoms with Gasteiger partial charge in [-0.15, -0.1) is 0 Å². The number of nitrogens with one attached hydrogen (secondary N) is 1. The highest BCUT2D eigenvalue weighted by Crippen LogP contribution is 2.23. The van der Waals surface area contributed by atoms with E-state index in [1.165, 1.54) is 30.3 Å². The van der Waals surface area contributed by atoms with Crippen LogP contribution in [0.15, 0.2) is 60.0 Å². The fraction of sp³-hybridized carbons (Fsp3) is 0.263.